The monoisotopic (exact) mass is 331 g/mol. The van der Waals surface area contributed by atoms with E-state index in [1.165, 1.54) is 13.3 Å². The molecular weight excluding hydrogens is 302 g/mol. The maximum Gasteiger partial charge on any atom is 0.242 e. The van der Waals surface area contributed by atoms with E-state index in [1.807, 2.05) is 25.1 Å². The largest absolute Gasteiger partial charge is 0.326 e. The van der Waals surface area contributed by atoms with Crippen molar-refractivity contribution in [3.05, 3.63) is 23.8 Å². The number of nitrogens with zero attached hydrogens (tertiary/aromatic N) is 1. The molecule has 1 aliphatic heterocycles. The van der Waals surface area contributed by atoms with Gasteiger partial charge < -0.3 is 10.6 Å². The molecule has 1 fully saturated rings. The second-order valence-corrected chi connectivity index (χ2v) is 6.99. The van der Waals surface area contributed by atoms with Crippen LogP contribution in [0.15, 0.2) is 18.2 Å². The molecule has 1 aromatic carbocycles. The summed E-state index contributed by atoms with van der Waals surface area (Å²) in [7, 11) is 0. The summed E-state index contributed by atoms with van der Waals surface area (Å²) in [5.74, 6) is 0.168. The van der Waals surface area contributed by atoms with Crippen molar-refractivity contribution < 1.29 is 9.59 Å². The first kappa shape index (κ1) is 18.5. The van der Waals surface area contributed by atoms with E-state index in [1.54, 1.807) is 0 Å². The Balaban J connectivity index is 2.15. The molecule has 1 heterocycles. The third-order valence-corrected chi connectivity index (χ3v) is 4.50. The number of aryl methyl sites for hydroxylation is 1. The molecule has 24 heavy (non-hydrogen) atoms. The van der Waals surface area contributed by atoms with Crippen LogP contribution in [-0.2, 0) is 9.59 Å². The van der Waals surface area contributed by atoms with E-state index >= 15 is 0 Å². The maximum absolute atomic E-state index is 12.9. The minimum atomic E-state index is -0.121. The molecule has 0 bridgehead atoms. The highest BCUT2D eigenvalue weighted by Gasteiger charge is 2.30. The number of amides is 2. The van der Waals surface area contributed by atoms with Crippen LogP contribution < -0.4 is 10.6 Å². The number of nitrogens with one attached hydrogen (secondary N) is 2. The Morgan fingerprint density at radius 3 is 2.33 bits per heavy atom. The van der Waals surface area contributed by atoms with E-state index < -0.39 is 0 Å². The Hall–Kier alpha value is -1.88. The molecule has 0 aromatic heterocycles. The molecule has 0 unspecified atom stereocenters. The third kappa shape index (κ3) is 4.81. The van der Waals surface area contributed by atoms with Gasteiger partial charge in [0.25, 0.3) is 0 Å². The Labute approximate surface area is 144 Å². The predicted octanol–water partition coefficient (Wildman–Crippen LogP) is 3.40. The molecule has 1 aromatic rings. The second kappa shape index (κ2) is 8.29. The van der Waals surface area contributed by atoms with Crippen molar-refractivity contribution in [1.82, 2.24) is 4.90 Å². The first-order valence-corrected chi connectivity index (χ1v) is 8.81. The summed E-state index contributed by atoms with van der Waals surface area (Å²) in [5, 5.41) is 5.83. The summed E-state index contributed by atoms with van der Waals surface area (Å²) in [5.41, 5.74) is 2.44. The number of piperidine rings is 1. The molecule has 132 valence electrons. The highest BCUT2D eigenvalue weighted by molar-refractivity contribution is 5.97. The van der Waals surface area contributed by atoms with E-state index in [0.717, 1.165) is 37.2 Å². The number of carbonyl (C=O) groups is 2. The summed E-state index contributed by atoms with van der Waals surface area (Å²) < 4.78 is 0. The van der Waals surface area contributed by atoms with E-state index in [2.05, 4.69) is 29.4 Å². The van der Waals surface area contributed by atoms with Crippen LogP contribution in [0.1, 0.15) is 45.6 Å². The molecule has 1 atom stereocenters. The number of carbonyl (C=O) groups excluding carboxylic acids is 2. The van der Waals surface area contributed by atoms with E-state index in [4.69, 9.17) is 0 Å². The Morgan fingerprint density at radius 2 is 1.75 bits per heavy atom. The van der Waals surface area contributed by atoms with Crippen LogP contribution in [0.25, 0.3) is 0 Å². The Morgan fingerprint density at radius 1 is 1.08 bits per heavy atom. The van der Waals surface area contributed by atoms with Gasteiger partial charge in [0.1, 0.15) is 0 Å². The number of benzene rings is 1. The van der Waals surface area contributed by atoms with Crippen LogP contribution in [0, 0.1) is 12.8 Å². The molecule has 0 saturated carbocycles. The molecule has 5 heteroatoms. The Bertz CT molecular complexity index is 592. The average molecular weight is 331 g/mol. The molecule has 2 N–H and O–H groups in total. The highest BCUT2D eigenvalue weighted by atomic mass is 16.2. The predicted molar refractivity (Wildman–Crippen MR) is 98.2 cm³/mol. The van der Waals surface area contributed by atoms with Crippen LogP contribution in [0.2, 0.25) is 0 Å². The van der Waals surface area contributed by atoms with Gasteiger partial charge in [-0.2, -0.15) is 0 Å². The first-order valence-electron chi connectivity index (χ1n) is 8.81. The molecule has 0 aliphatic carbocycles. The number of anilines is 2. The van der Waals surface area contributed by atoms with Crippen molar-refractivity contribution in [2.75, 3.05) is 23.7 Å². The van der Waals surface area contributed by atoms with Gasteiger partial charge in [-0.05, 0) is 56.5 Å². The fraction of sp³-hybridized carbons (Fsp3) is 0.579. The molecule has 1 saturated heterocycles. The second-order valence-electron chi connectivity index (χ2n) is 6.99. The summed E-state index contributed by atoms with van der Waals surface area (Å²) in [4.78, 5) is 26.4. The van der Waals surface area contributed by atoms with Crippen LogP contribution in [-0.4, -0.2) is 35.8 Å². The minimum Gasteiger partial charge on any atom is -0.326 e. The lowest BCUT2D eigenvalue weighted by Gasteiger charge is -2.36. The van der Waals surface area contributed by atoms with Crippen LogP contribution in [0.5, 0.6) is 0 Å². The van der Waals surface area contributed by atoms with Gasteiger partial charge in [0.05, 0.1) is 6.04 Å². The molecule has 0 spiro atoms. The van der Waals surface area contributed by atoms with Crippen LogP contribution >= 0.6 is 0 Å². The van der Waals surface area contributed by atoms with Crippen LogP contribution in [0.3, 0.4) is 0 Å². The van der Waals surface area contributed by atoms with Crippen molar-refractivity contribution in [3.8, 4) is 0 Å². The topological polar surface area (TPSA) is 61.4 Å². The van der Waals surface area contributed by atoms with Crippen molar-refractivity contribution in [1.29, 1.82) is 0 Å². The standard InChI is InChI=1S/C19H29N3O2/c1-13(2)18(22-10-6-5-7-11-22)19(24)21-17-12-16(20-15(4)23)9-8-14(17)3/h8-9,12-13,18H,5-7,10-11H2,1-4H3,(H,20,23)(H,21,24)/t18-/m0/s1. The lowest BCUT2D eigenvalue weighted by Crippen LogP contribution is -2.49. The van der Waals surface area contributed by atoms with Crippen molar-refractivity contribution in [2.45, 2.75) is 53.0 Å². The van der Waals surface area contributed by atoms with Gasteiger partial charge in [0.15, 0.2) is 0 Å². The number of likely N-dealkylation sites (tertiary alicyclic amines) is 1. The van der Waals surface area contributed by atoms with Gasteiger partial charge in [-0.1, -0.05) is 26.3 Å². The summed E-state index contributed by atoms with van der Waals surface area (Å²) in [6.45, 7) is 9.60. The number of rotatable bonds is 5. The molecule has 2 rings (SSSR count). The zero-order valence-corrected chi connectivity index (χ0v) is 15.2. The molecular formula is C19H29N3O2. The van der Waals surface area contributed by atoms with Gasteiger partial charge in [-0.25, -0.2) is 0 Å². The third-order valence-electron chi connectivity index (χ3n) is 4.50. The van der Waals surface area contributed by atoms with E-state index in [9.17, 15) is 9.59 Å². The first-order chi connectivity index (χ1) is 11.4. The van der Waals surface area contributed by atoms with Crippen LogP contribution in [0.4, 0.5) is 11.4 Å². The molecule has 2 amide bonds. The van der Waals surface area contributed by atoms with Gasteiger partial charge in [-0.15, -0.1) is 0 Å². The summed E-state index contributed by atoms with van der Waals surface area (Å²) in [6, 6.07) is 5.46. The van der Waals surface area contributed by atoms with E-state index in [0.29, 0.717) is 5.69 Å². The van der Waals surface area contributed by atoms with Gasteiger partial charge >= 0.3 is 0 Å². The van der Waals surface area contributed by atoms with Gasteiger partial charge in [0, 0.05) is 18.3 Å². The van der Waals surface area contributed by atoms with Gasteiger partial charge in [-0.3, -0.25) is 14.5 Å². The summed E-state index contributed by atoms with van der Waals surface area (Å²) >= 11 is 0. The lowest BCUT2D eigenvalue weighted by atomic mass is 9.98. The fourth-order valence-corrected chi connectivity index (χ4v) is 3.33. The SMILES string of the molecule is CC(=O)Nc1ccc(C)c(NC(=O)[C@H](C(C)C)N2CCCCC2)c1. The quantitative estimate of drug-likeness (QED) is 0.869. The zero-order chi connectivity index (χ0) is 17.7. The summed E-state index contributed by atoms with van der Waals surface area (Å²) in [6.07, 6.45) is 3.57. The molecule has 0 radical (unpaired) electrons. The molecule has 1 aliphatic rings. The van der Waals surface area contributed by atoms with Crippen molar-refractivity contribution in [2.24, 2.45) is 5.92 Å². The van der Waals surface area contributed by atoms with E-state index in [-0.39, 0.29) is 23.8 Å². The lowest BCUT2D eigenvalue weighted by molar-refractivity contribution is -0.123. The number of hydrogen-bond acceptors (Lipinski definition) is 3. The molecule has 5 nitrogen and oxygen atoms in total. The van der Waals surface area contributed by atoms with Crippen molar-refractivity contribution >= 4 is 23.2 Å². The smallest absolute Gasteiger partial charge is 0.242 e. The fourth-order valence-electron chi connectivity index (χ4n) is 3.33. The Kier molecular flexibility index (Phi) is 6.37. The normalized spacial score (nSPS) is 16.7. The van der Waals surface area contributed by atoms with Crippen molar-refractivity contribution in [3.63, 3.8) is 0 Å². The van der Waals surface area contributed by atoms with Gasteiger partial charge in [0.2, 0.25) is 11.8 Å². The number of hydrogen-bond donors (Lipinski definition) is 2. The zero-order valence-electron chi connectivity index (χ0n) is 15.2. The minimum absolute atomic E-state index is 0.0370. The average Bonchev–Trinajstić information content (AvgIpc) is 2.51. The maximum atomic E-state index is 12.9. The highest BCUT2D eigenvalue weighted by Crippen LogP contribution is 2.23.